The van der Waals surface area contributed by atoms with Gasteiger partial charge in [0.1, 0.15) is 6.61 Å². The number of nitrogens with two attached hydrogens (primary N) is 1. The minimum absolute atomic E-state index is 0.133. The number of nitrogens with zero attached hydrogens (tertiary/aromatic N) is 1. The molecular formula is C12H14ClN3O3. The highest BCUT2D eigenvalue weighted by atomic mass is 35.5. The van der Waals surface area contributed by atoms with Gasteiger partial charge in [0, 0.05) is 13.1 Å². The van der Waals surface area contributed by atoms with Gasteiger partial charge in [-0.15, -0.1) is 0 Å². The minimum atomic E-state index is -0.483. The number of ether oxygens (including phenoxy) is 1. The van der Waals surface area contributed by atoms with Gasteiger partial charge in [-0.3, -0.25) is 0 Å². The van der Waals surface area contributed by atoms with Gasteiger partial charge >= 0.3 is 12.0 Å². The fourth-order valence-corrected chi connectivity index (χ4v) is 1.84. The first kappa shape index (κ1) is 13.5. The molecule has 1 aromatic carbocycles. The van der Waals surface area contributed by atoms with E-state index in [1.807, 2.05) is 0 Å². The Kier molecular flexibility index (Phi) is 4.11. The van der Waals surface area contributed by atoms with Crippen LogP contribution in [0.3, 0.4) is 0 Å². The molecule has 1 saturated heterocycles. The van der Waals surface area contributed by atoms with Crippen LogP contribution in [0.15, 0.2) is 18.2 Å². The van der Waals surface area contributed by atoms with Crippen molar-refractivity contribution in [3.05, 3.63) is 28.8 Å². The van der Waals surface area contributed by atoms with Crippen LogP contribution in [-0.4, -0.2) is 43.1 Å². The first-order chi connectivity index (χ1) is 9.08. The highest BCUT2D eigenvalue weighted by molar-refractivity contribution is 6.33. The zero-order valence-electron chi connectivity index (χ0n) is 10.2. The smallest absolute Gasteiger partial charge is 0.338 e. The van der Waals surface area contributed by atoms with E-state index >= 15 is 0 Å². The maximum atomic E-state index is 11.7. The lowest BCUT2D eigenvalue weighted by atomic mass is 10.2. The molecule has 2 rings (SSSR count). The molecule has 6 nitrogen and oxygen atoms in total. The second-order valence-corrected chi connectivity index (χ2v) is 4.50. The largest absolute Gasteiger partial charge is 0.460 e. The topological polar surface area (TPSA) is 84.7 Å². The molecule has 1 aromatic rings. The van der Waals surface area contributed by atoms with Gasteiger partial charge in [0.15, 0.2) is 0 Å². The van der Waals surface area contributed by atoms with Crippen LogP contribution >= 0.6 is 11.6 Å². The minimum Gasteiger partial charge on any atom is -0.460 e. The summed E-state index contributed by atoms with van der Waals surface area (Å²) in [5.74, 6) is -0.483. The fourth-order valence-electron chi connectivity index (χ4n) is 1.73. The van der Waals surface area contributed by atoms with E-state index in [2.05, 4.69) is 5.32 Å². The third kappa shape index (κ3) is 3.29. The number of hydrogen-bond donors (Lipinski definition) is 2. The van der Waals surface area contributed by atoms with Crippen LogP contribution in [0.25, 0.3) is 0 Å². The second kappa shape index (κ2) is 5.79. The Bertz CT molecular complexity index is 507. The van der Waals surface area contributed by atoms with Gasteiger partial charge in [-0.2, -0.15) is 0 Å². The van der Waals surface area contributed by atoms with E-state index < -0.39 is 5.97 Å². The summed E-state index contributed by atoms with van der Waals surface area (Å²) in [4.78, 5) is 24.6. The number of nitrogen functional groups attached to an aromatic ring is 1. The number of carbonyl (C=O) groups is 2. The third-order valence-electron chi connectivity index (χ3n) is 2.77. The molecule has 0 radical (unpaired) electrons. The highest BCUT2D eigenvalue weighted by Crippen LogP contribution is 2.19. The first-order valence-electron chi connectivity index (χ1n) is 5.83. The Morgan fingerprint density at radius 1 is 1.53 bits per heavy atom. The van der Waals surface area contributed by atoms with Gasteiger partial charge in [0.05, 0.1) is 22.8 Å². The molecule has 1 fully saturated rings. The molecule has 7 heteroatoms. The molecule has 1 heterocycles. The molecule has 0 aromatic heterocycles. The molecule has 1 aliphatic heterocycles. The Morgan fingerprint density at radius 3 is 2.95 bits per heavy atom. The predicted octanol–water partition coefficient (Wildman–Crippen LogP) is 1.10. The van der Waals surface area contributed by atoms with Gasteiger partial charge in [-0.25, -0.2) is 9.59 Å². The maximum Gasteiger partial charge on any atom is 0.338 e. The SMILES string of the molecule is Nc1cc(C(=O)OCCN2CCNC2=O)ccc1Cl. The number of carbonyl (C=O) groups excluding carboxylic acids is 2. The Balaban J connectivity index is 1.84. The van der Waals surface area contributed by atoms with Crippen LogP contribution in [0.5, 0.6) is 0 Å². The standard InChI is InChI=1S/C12H14ClN3O3/c13-9-2-1-8(7-10(9)14)11(17)19-6-5-16-4-3-15-12(16)18/h1-2,7H,3-6,14H2,(H,15,18). The van der Waals surface area contributed by atoms with Crippen LogP contribution in [-0.2, 0) is 4.74 Å². The number of rotatable bonds is 4. The summed E-state index contributed by atoms with van der Waals surface area (Å²) in [5, 5.41) is 3.06. The highest BCUT2D eigenvalue weighted by Gasteiger charge is 2.19. The summed E-state index contributed by atoms with van der Waals surface area (Å²) in [6.07, 6.45) is 0. The van der Waals surface area contributed by atoms with Gasteiger partial charge in [-0.1, -0.05) is 11.6 Å². The first-order valence-corrected chi connectivity index (χ1v) is 6.20. The van der Waals surface area contributed by atoms with Crippen molar-refractivity contribution in [3.8, 4) is 0 Å². The van der Waals surface area contributed by atoms with E-state index in [-0.39, 0.29) is 12.6 Å². The molecule has 0 saturated carbocycles. The molecular weight excluding hydrogens is 270 g/mol. The van der Waals surface area contributed by atoms with E-state index in [4.69, 9.17) is 22.1 Å². The van der Waals surface area contributed by atoms with Crippen LogP contribution < -0.4 is 11.1 Å². The number of nitrogens with one attached hydrogen (secondary N) is 1. The molecule has 0 atom stereocenters. The normalized spacial score (nSPS) is 14.4. The summed E-state index contributed by atoms with van der Waals surface area (Å²) >= 11 is 5.76. The van der Waals surface area contributed by atoms with Crippen molar-refractivity contribution < 1.29 is 14.3 Å². The van der Waals surface area contributed by atoms with Crippen LogP contribution in [0.4, 0.5) is 10.5 Å². The number of anilines is 1. The number of hydrogen-bond acceptors (Lipinski definition) is 4. The molecule has 2 amide bonds. The average Bonchev–Trinajstić information content (AvgIpc) is 2.78. The van der Waals surface area contributed by atoms with Gasteiger partial charge < -0.3 is 20.7 Å². The number of esters is 1. The Hall–Kier alpha value is -1.95. The average molecular weight is 284 g/mol. The summed E-state index contributed by atoms with van der Waals surface area (Å²) in [7, 11) is 0. The summed E-state index contributed by atoms with van der Waals surface area (Å²) in [6.45, 7) is 1.78. The molecule has 19 heavy (non-hydrogen) atoms. The third-order valence-corrected chi connectivity index (χ3v) is 3.12. The lowest BCUT2D eigenvalue weighted by molar-refractivity contribution is 0.0481. The van der Waals surface area contributed by atoms with Crippen molar-refractivity contribution in [2.75, 3.05) is 32.0 Å². The van der Waals surface area contributed by atoms with Gasteiger partial charge in [0.2, 0.25) is 0 Å². The van der Waals surface area contributed by atoms with E-state index in [1.54, 1.807) is 17.0 Å². The number of benzene rings is 1. The van der Waals surface area contributed by atoms with E-state index in [1.165, 1.54) is 6.07 Å². The van der Waals surface area contributed by atoms with Crippen molar-refractivity contribution in [2.24, 2.45) is 0 Å². The molecule has 0 bridgehead atoms. The van der Waals surface area contributed by atoms with E-state index in [9.17, 15) is 9.59 Å². The summed E-state index contributed by atoms with van der Waals surface area (Å²) in [5.41, 5.74) is 6.27. The monoisotopic (exact) mass is 283 g/mol. The zero-order valence-corrected chi connectivity index (χ0v) is 10.9. The van der Waals surface area contributed by atoms with Crippen LogP contribution in [0.2, 0.25) is 5.02 Å². The van der Waals surface area contributed by atoms with Crippen molar-refractivity contribution in [2.45, 2.75) is 0 Å². The maximum absolute atomic E-state index is 11.7. The number of urea groups is 1. The summed E-state index contributed by atoms with van der Waals surface area (Å²) < 4.78 is 5.07. The molecule has 3 N–H and O–H groups in total. The van der Waals surface area contributed by atoms with Crippen LogP contribution in [0, 0.1) is 0 Å². The van der Waals surface area contributed by atoms with Crippen molar-refractivity contribution in [3.63, 3.8) is 0 Å². The van der Waals surface area contributed by atoms with E-state index in [0.717, 1.165) is 0 Å². The number of halogens is 1. The van der Waals surface area contributed by atoms with Crippen LogP contribution in [0.1, 0.15) is 10.4 Å². The molecule has 0 spiro atoms. The Labute approximate surface area is 115 Å². The van der Waals surface area contributed by atoms with Crippen molar-refractivity contribution in [1.29, 1.82) is 0 Å². The quantitative estimate of drug-likeness (QED) is 0.640. The molecule has 0 unspecified atom stereocenters. The lowest BCUT2D eigenvalue weighted by Crippen LogP contribution is -2.31. The molecule has 102 valence electrons. The number of amides is 2. The second-order valence-electron chi connectivity index (χ2n) is 4.09. The van der Waals surface area contributed by atoms with E-state index in [0.29, 0.717) is 35.9 Å². The lowest BCUT2D eigenvalue weighted by Gasteiger charge is -2.13. The molecule has 1 aliphatic rings. The Morgan fingerprint density at radius 2 is 2.32 bits per heavy atom. The predicted molar refractivity (Wildman–Crippen MR) is 71.1 cm³/mol. The van der Waals surface area contributed by atoms with Crippen molar-refractivity contribution in [1.82, 2.24) is 10.2 Å². The fraction of sp³-hybridized carbons (Fsp3) is 0.333. The molecule has 0 aliphatic carbocycles. The zero-order chi connectivity index (χ0) is 13.8. The van der Waals surface area contributed by atoms with Gasteiger partial charge in [-0.05, 0) is 18.2 Å². The van der Waals surface area contributed by atoms with Crippen molar-refractivity contribution >= 4 is 29.3 Å². The van der Waals surface area contributed by atoms with Gasteiger partial charge in [0.25, 0.3) is 0 Å². The summed E-state index contributed by atoms with van der Waals surface area (Å²) in [6, 6.07) is 4.42.